The van der Waals surface area contributed by atoms with Crippen LogP contribution in [0.4, 0.5) is 0 Å². The zero-order chi connectivity index (χ0) is 8.20. The van der Waals surface area contributed by atoms with Crippen LogP contribution in [0.15, 0.2) is 0 Å². The molecule has 0 saturated carbocycles. The first-order valence-electron chi connectivity index (χ1n) is 2.50. The van der Waals surface area contributed by atoms with Crippen LogP contribution in [0.1, 0.15) is 0 Å². The summed E-state index contributed by atoms with van der Waals surface area (Å²) in [6, 6.07) is 0. The van der Waals surface area contributed by atoms with Crippen molar-refractivity contribution in [2.24, 2.45) is 0 Å². The molecule has 0 saturated heterocycles. The van der Waals surface area contributed by atoms with Gasteiger partial charge in [-0.3, -0.25) is 8.98 Å². The van der Waals surface area contributed by atoms with Crippen LogP contribution in [-0.4, -0.2) is 34.2 Å². The van der Waals surface area contributed by atoms with Crippen LogP contribution in [0.2, 0.25) is 0 Å². The van der Waals surface area contributed by atoms with Gasteiger partial charge in [-0.05, 0) is 0 Å². The average Bonchev–Trinajstić information content (AvgIpc) is 1.87. The summed E-state index contributed by atoms with van der Waals surface area (Å²) in [5.41, 5.74) is 0. The Morgan fingerprint density at radius 2 is 2.10 bits per heavy atom. The second-order valence-corrected chi connectivity index (χ2v) is 3.28. The lowest BCUT2D eigenvalue weighted by Crippen LogP contribution is -2.27. The molecule has 0 aliphatic carbocycles. The zero-order valence-electron chi connectivity index (χ0n) is 5.75. The molecule has 1 N–H and O–H groups in total. The lowest BCUT2D eigenvalue weighted by atomic mass is 10.7. The molecule has 60 valence electrons. The number of hydrogen-bond donors (Lipinski definition) is 1. The van der Waals surface area contributed by atoms with Gasteiger partial charge in [0, 0.05) is 7.05 Å². The molecule has 0 heterocycles. The van der Waals surface area contributed by atoms with E-state index >= 15 is 0 Å². The van der Waals surface area contributed by atoms with Crippen molar-refractivity contribution in [3.8, 4) is 0 Å². The van der Waals surface area contributed by atoms with Crippen molar-refractivity contribution < 1.29 is 17.4 Å². The van der Waals surface area contributed by atoms with E-state index in [4.69, 9.17) is 0 Å². The van der Waals surface area contributed by atoms with Gasteiger partial charge in [0.25, 0.3) is 10.1 Å². The van der Waals surface area contributed by atoms with Gasteiger partial charge in [0.15, 0.2) is 5.75 Å². The van der Waals surface area contributed by atoms with E-state index in [1.807, 2.05) is 0 Å². The molecule has 0 aliphatic rings. The van der Waals surface area contributed by atoms with Gasteiger partial charge >= 0.3 is 0 Å². The van der Waals surface area contributed by atoms with Gasteiger partial charge in [0.1, 0.15) is 0 Å². The first kappa shape index (κ1) is 9.38. The molecular weight excluding hydrogens is 158 g/mol. The van der Waals surface area contributed by atoms with E-state index in [1.165, 1.54) is 7.05 Å². The van der Waals surface area contributed by atoms with Crippen molar-refractivity contribution in [3.63, 3.8) is 0 Å². The van der Waals surface area contributed by atoms with Gasteiger partial charge in [-0.25, -0.2) is 0 Å². The lowest BCUT2D eigenvalue weighted by molar-refractivity contribution is -0.118. The number of amides is 1. The van der Waals surface area contributed by atoms with Crippen molar-refractivity contribution in [2.45, 2.75) is 0 Å². The van der Waals surface area contributed by atoms with E-state index in [-0.39, 0.29) is 0 Å². The number of carbonyl (C=O) groups excluding carboxylic acids is 1. The number of rotatable bonds is 3. The van der Waals surface area contributed by atoms with Crippen LogP contribution in [0.25, 0.3) is 0 Å². The van der Waals surface area contributed by atoms with Crippen molar-refractivity contribution >= 4 is 16.0 Å². The summed E-state index contributed by atoms with van der Waals surface area (Å²) in [6.45, 7) is 0. The molecule has 0 fully saturated rings. The molecule has 0 aromatic rings. The molecule has 0 aliphatic heterocycles. The highest BCUT2D eigenvalue weighted by atomic mass is 32.2. The fraction of sp³-hybridized carbons (Fsp3) is 0.750. The van der Waals surface area contributed by atoms with E-state index in [2.05, 4.69) is 9.50 Å². The normalized spacial score (nSPS) is 11.0. The number of nitrogens with one attached hydrogen (secondary N) is 1. The molecule has 10 heavy (non-hydrogen) atoms. The molecule has 0 aromatic heterocycles. The molecule has 0 bridgehead atoms. The molecule has 0 atom stereocenters. The first-order chi connectivity index (χ1) is 4.52. The number of hydrogen-bond acceptors (Lipinski definition) is 4. The summed E-state index contributed by atoms with van der Waals surface area (Å²) in [5, 5.41) is 2.16. The van der Waals surface area contributed by atoms with E-state index in [9.17, 15) is 13.2 Å². The third-order valence-electron chi connectivity index (χ3n) is 0.841. The maximum Gasteiger partial charge on any atom is 0.276 e. The quantitative estimate of drug-likeness (QED) is 0.531. The Balaban J connectivity index is 4.03. The Labute approximate surface area is 59.5 Å². The molecular formula is C4H9NO4S. The van der Waals surface area contributed by atoms with Gasteiger partial charge in [-0.15, -0.1) is 0 Å². The summed E-state index contributed by atoms with van der Waals surface area (Å²) in [6.07, 6.45) is 0. The molecule has 0 aromatic carbocycles. The lowest BCUT2D eigenvalue weighted by Gasteiger charge is -1.98. The minimum absolute atomic E-state index is 0.582. The van der Waals surface area contributed by atoms with Crippen LogP contribution in [0, 0.1) is 0 Å². The van der Waals surface area contributed by atoms with E-state index < -0.39 is 21.8 Å². The molecule has 0 spiro atoms. The highest BCUT2D eigenvalue weighted by Crippen LogP contribution is 1.87. The SMILES string of the molecule is CNC(=O)CS(=O)(=O)OC. The monoisotopic (exact) mass is 167 g/mol. The first-order valence-corrected chi connectivity index (χ1v) is 4.08. The predicted octanol–water partition coefficient (Wildman–Crippen LogP) is -1.29. The Morgan fingerprint density at radius 1 is 1.60 bits per heavy atom. The fourth-order valence-corrected chi connectivity index (χ4v) is 0.875. The Bertz CT molecular complexity index is 207. The second kappa shape index (κ2) is 3.52. The third kappa shape index (κ3) is 3.41. The van der Waals surface area contributed by atoms with Crippen molar-refractivity contribution in [1.82, 2.24) is 5.32 Å². The standard InChI is InChI=1S/C4H9NO4S/c1-5-4(6)3-10(7,8)9-2/h3H2,1-2H3,(H,5,6). The molecule has 6 heteroatoms. The van der Waals surface area contributed by atoms with Crippen LogP contribution >= 0.6 is 0 Å². The molecule has 0 radical (unpaired) electrons. The summed E-state index contributed by atoms with van der Waals surface area (Å²) < 4.78 is 25.0. The van der Waals surface area contributed by atoms with E-state index in [1.54, 1.807) is 0 Å². The van der Waals surface area contributed by atoms with Gasteiger partial charge in [0.2, 0.25) is 5.91 Å². The summed E-state index contributed by atoms with van der Waals surface area (Å²) >= 11 is 0. The minimum atomic E-state index is -3.64. The Kier molecular flexibility index (Phi) is 3.31. The van der Waals surface area contributed by atoms with Crippen molar-refractivity contribution in [1.29, 1.82) is 0 Å². The fourth-order valence-electron chi connectivity index (χ4n) is 0.292. The number of carbonyl (C=O) groups is 1. The highest BCUT2D eigenvalue weighted by molar-refractivity contribution is 7.87. The van der Waals surface area contributed by atoms with Crippen molar-refractivity contribution in [2.75, 3.05) is 19.9 Å². The zero-order valence-corrected chi connectivity index (χ0v) is 6.56. The Hall–Kier alpha value is -0.620. The highest BCUT2D eigenvalue weighted by Gasteiger charge is 2.13. The molecule has 1 amide bonds. The van der Waals surface area contributed by atoms with Crippen LogP contribution in [-0.2, 0) is 19.1 Å². The smallest absolute Gasteiger partial charge is 0.276 e. The molecule has 0 rings (SSSR count). The maximum atomic E-state index is 10.5. The molecule has 0 unspecified atom stereocenters. The van der Waals surface area contributed by atoms with Crippen molar-refractivity contribution in [3.05, 3.63) is 0 Å². The Morgan fingerprint density at radius 3 is 2.40 bits per heavy atom. The minimum Gasteiger partial charge on any atom is -0.358 e. The van der Waals surface area contributed by atoms with Gasteiger partial charge in [-0.2, -0.15) is 8.42 Å². The van der Waals surface area contributed by atoms with Crippen LogP contribution in [0.3, 0.4) is 0 Å². The third-order valence-corrected chi connectivity index (χ3v) is 1.96. The van der Waals surface area contributed by atoms with E-state index in [0.717, 1.165) is 7.11 Å². The van der Waals surface area contributed by atoms with Gasteiger partial charge in [-0.1, -0.05) is 0 Å². The second-order valence-electron chi connectivity index (χ2n) is 1.54. The summed E-state index contributed by atoms with van der Waals surface area (Å²) in [4.78, 5) is 10.4. The topological polar surface area (TPSA) is 72.5 Å². The predicted molar refractivity (Wildman–Crippen MR) is 34.9 cm³/mol. The van der Waals surface area contributed by atoms with Crippen LogP contribution in [0.5, 0.6) is 0 Å². The molecule has 5 nitrogen and oxygen atoms in total. The summed E-state index contributed by atoms with van der Waals surface area (Å²) in [5.74, 6) is -1.21. The largest absolute Gasteiger partial charge is 0.358 e. The maximum absolute atomic E-state index is 10.5. The van der Waals surface area contributed by atoms with Crippen LogP contribution < -0.4 is 5.32 Å². The van der Waals surface area contributed by atoms with Gasteiger partial charge < -0.3 is 5.32 Å². The summed E-state index contributed by atoms with van der Waals surface area (Å²) in [7, 11) is -1.28. The average molecular weight is 167 g/mol. The van der Waals surface area contributed by atoms with Gasteiger partial charge in [0.05, 0.1) is 7.11 Å². The van der Waals surface area contributed by atoms with E-state index in [0.29, 0.717) is 0 Å².